The van der Waals surface area contributed by atoms with Crippen LogP contribution in [0.15, 0.2) is 54.1 Å². The molecule has 0 saturated carbocycles. The van der Waals surface area contributed by atoms with Gasteiger partial charge in [0.1, 0.15) is 17.3 Å². The lowest BCUT2D eigenvalue weighted by molar-refractivity contribution is -0.140. The predicted molar refractivity (Wildman–Crippen MR) is 127 cm³/mol. The highest BCUT2D eigenvalue weighted by atomic mass is 16.5. The highest BCUT2D eigenvalue weighted by Gasteiger charge is 2.46. The molecule has 0 unspecified atom stereocenters. The molecule has 0 bridgehead atoms. The molecule has 180 valence electrons. The van der Waals surface area contributed by atoms with E-state index in [0.717, 1.165) is 19.6 Å². The van der Waals surface area contributed by atoms with E-state index in [9.17, 15) is 14.7 Å². The van der Waals surface area contributed by atoms with Crippen molar-refractivity contribution in [1.82, 2.24) is 9.80 Å². The molecule has 4 rings (SSSR count). The first kappa shape index (κ1) is 23.8. The van der Waals surface area contributed by atoms with Gasteiger partial charge in [0.2, 0.25) is 0 Å². The normalized spacial score (nSPS) is 20.5. The monoisotopic (exact) mass is 466 g/mol. The molecule has 8 heteroatoms. The second-order valence-electron chi connectivity index (χ2n) is 8.27. The summed E-state index contributed by atoms with van der Waals surface area (Å²) in [6.07, 6.45) is 0.696. The van der Waals surface area contributed by atoms with E-state index in [1.165, 1.54) is 0 Å². The third kappa shape index (κ3) is 4.78. The molecule has 2 aromatic carbocycles. The van der Waals surface area contributed by atoms with Gasteiger partial charge in [-0.2, -0.15) is 0 Å². The topological polar surface area (TPSA) is 88.5 Å². The average Bonchev–Trinajstić information content (AvgIpc) is 3.13. The number of aliphatic hydroxyl groups excluding tert-OH is 1. The van der Waals surface area contributed by atoms with E-state index in [1.807, 2.05) is 18.2 Å². The van der Waals surface area contributed by atoms with Gasteiger partial charge in [-0.1, -0.05) is 18.2 Å². The van der Waals surface area contributed by atoms with Crippen molar-refractivity contribution in [3.05, 3.63) is 65.2 Å². The Morgan fingerprint density at radius 2 is 1.71 bits per heavy atom. The third-order valence-corrected chi connectivity index (χ3v) is 6.31. The number of para-hydroxylation sites is 1. The van der Waals surface area contributed by atoms with Gasteiger partial charge in [-0.25, -0.2) is 0 Å². The molecular formula is C26H30N2O6. The van der Waals surface area contributed by atoms with Gasteiger partial charge in [-0.05, 0) is 36.8 Å². The summed E-state index contributed by atoms with van der Waals surface area (Å²) in [5.41, 5.74) is 1.16. The van der Waals surface area contributed by atoms with E-state index in [0.29, 0.717) is 48.8 Å². The van der Waals surface area contributed by atoms with Gasteiger partial charge in [0, 0.05) is 37.3 Å². The maximum Gasteiger partial charge on any atom is 0.295 e. The van der Waals surface area contributed by atoms with Gasteiger partial charge in [-0.15, -0.1) is 0 Å². The van der Waals surface area contributed by atoms with Crippen LogP contribution in [0.3, 0.4) is 0 Å². The van der Waals surface area contributed by atoms with Crippen LogP contribution in [0.25, 0.3) is 5.76 Å². The van der Waals surface area contributed by atoms with E-state index >= 15 is 0 Å². The van der Waals surface area contributed by atoms with Gasteiger partial charge in [-0.3, -0.25) is 14.5 Å². The summed E-state index contributed by atoms with van der Waals surface area (Å²) < 4.78 is 16.1. The molecule has 1 N–H and O–H groups in total. The molecule has 8 nitrogen and oxygen atoms in total. The fraction of sp³-hybridized carbons (Fsp3) is 0.385. The highest BCUT2D eigenvalue weighted by Crippen LogP contribution is 2.42. The zero-order valence-electron chi connectivity index (χ0n) is 19.5. The van der Waals surface area contributed by atoms with Crippen molar-refractivity contribution >= 4 is 17.4 Å². The summed E-state index contributed by atoms with van der Waals surface area (Å²) in [5.74, 6) is -0.356. The van der Waals surface area contributed by atoms with E-state index in [2.05, 4.69) is 4.90 Å². The van der Waals surface area contributed by atoms with Crippen LogP contribution in [0, 0.1) is 0 Å². The molecule has 1 atom stereocenters. The fourth-order valence-electron chi connectivity index (χ4n) is 4.52. The van der Waals surface area contributed by atoms with Gasteiger partial charge in [0.25, 0.3) is 11.7 Å². The van der Waals surface area contributed by atoms with Crippen molar-refractivity contribution in [3.63, 3.8) is 0 Å². The van der Waals surface area contributed by atoms with Crippen LogP contribution in [-0.2, 0) is 14.3 Å². The number of aliphatic hydroxyl groups is 1. The van der Waals surface area contributed by atoms with Crippen LogP contribution in [0.1, 0.15) is 23.6 Å². The van der Waals surface area contributed by atoms with E-state index < -0.39 is 17.7 Å². The minimum Gasteiger partial charge on any atom is -0.507 e. The number of amides is 1. The Balaban J connectivity index is 1.70. The Kier molecular flexibility index (Phi) is 7.49. The van der Waals surface area contributed by atoms with Crippen LogP contribution in [0.4, 0.5) is 0 Å². The second-order valence-corrected chi connectivity index (χ2v) is 8.27. The van der Waals surface area contributed by atoms with Crippen molar-refractivity contribution in [2.24, 2.45) is 0 Å². The van der Waals surface area contributed by atoms with Crippen LogP contribution in [0.2, 0.25) is 0 Å². The predicted octanol–water partition coefficient (Wildman–Crippen LogP) is 2.85. The first-order chi connectivity index (χ1) is 16.5. The number of likely N-dealkylation sites (tertiary alicyclic amines) is 1. The molecular weight excluding hydrogens is 436 g/mol. The van der Waals surface area contributed by atoms with Gasteiger partial charge in [0.05, 0.1) is 39.0 Å². The molecule has 1 amide bonds. The fourth-order valence-corrected chi connectivity index (χ4v) is 4.52. The molecule has 0 radical (unpaired) electrons. The number of carbonyl (C=O) groups excluding carboxylic acids is 2. The quantitative estimate of drug-likeness (QED) is 0.364. The maximum atomic E-state index is 13.2. The summed E-state index contributed by atoms with van der Waals surface area (Å²) in [4.78, 5) is 30.2. The van der Waals surface area contributed by atoms with Gasteiger partial charge < -0.3 is 24.2 Å². The molecule has 0 spiro atoms. The lowest BCUT2D eigenvalue weighted by atomic mass is 9.94. The largest absolute Gasteiger partial charge is 0.507 e. The maximum absolute atomic E-state index is 13.2. The number of morpholine rings is 1. The zero-order valence-corrected chi connectivity index (χ0v) is 19.5. The van der Waals surface area contributed by atoms with Crippen LogP contribution >= 0.6 is 0 Å². The Morgan fingerprint density at radius 1 is 1.00 bits per heavy atom. The molecule has 2 aromatic rings. The van der Waals surface area contributed by atoms with Crippen molar-refractivity contribution in [2.75, 3.05) is 53.6 Å². The van der Waals surface area contributed by atoms with E-state index in [-0.39, 0.29) is 11.3 Å². The molecule has 0 aromatic heterocycles. The second kappa shape index (κ2) is 10.7. The van der Waals surface area contributed by atoms with Crippen LogP contribution < -0.4 is 9.47 Å². The number of carbonyl (C=O) groups is 2. The molecule has 2 heterocycles. The summed E-state index contributed by atoms with van der Waals surface area (Å²) in [7, 11) is 3.10. The Labute approximate surface area is 199 Å². The standard InChI is InChI=1S/C26H30N2O6/c1-32-19-10-8-18(9-11-19)24(29)22-23(20-6-3-4-7-21(20)33-2)28(26(31)25(22)30)13-5-12-27-14-16-34-17-15-27/h3-4,6-11,23,29H,5,12-17H2,1-2H3/t23-/m0/s1. The number of ketones is 1. The molecule has 34 heavy (non-hydrogen) atoms. The lowest BCUT2D eigenvalue weighted by Gasteiger charge is -2.29. The number of hydrogen-bond acceptors (Lipinski definition) is 7. The minimum absolute atomic E-state index is 0.0611. The molecule has 2 fully saturated rings. The Hall–Kier alpha value is -3.36. The van der Waals surface area contributed by atoms with Crippen molar-refractivity contribution in [3.8, 4) is 11.5 Å². The number of ether oxygens (including phenoxy) is 3. The van der Waals surface area contributed by atoms with Gasteiger partial charge in [0.15, 0.2) is 0 Å². The van der Waals surface area contributed by atoms with Crippen molar-refractivity contribution in [1.29, 1.82) is 0 Å². The van der Waals surface area contributed by atoms with Crippen molar-refractivity contribution in [2.45, 2.75) is 12.5 Å². The third-order valence-electron chi connectivity index (χ3n) is 6.31. The Morgan fingerprint density at radius 3 is 2.38 bits per heavy atom. The number of nitrogens with zero attached hydrogens (tertiary/aromatic N) is 2. The molecule has 2 saturated heterocycles. The number of hydrogen-bond donors (Lipinski definition) is 1. The van der Waals surface area contributed by atoms with E-state index in [1.54, 1.807) is 49.5 Å². The zero-order chi connectivity index (χ0) is 24.1. The average molecular weight is 467 g/mol. The summed E-state index contributed by atoms with van der Waals surface area (Å²) in [6, 6.07) is 13.3. The summed E-state index contributed by atoms with van der Waals surface area (Å²) >= 11 is 0. The molecule has 2 aliphatic rings. The highest BCUT2D eigenvalue weighted by molar-refractivity contribution is 6.46. The van der Waals surface area contributed by atoms with E-state index in [4.69, 9.17) is 14.2 Å². The first-order valence-corrected chi connectivity index (χ1v) is 11.4. The molecule has 0 aliphatic carbocycles. The minimum atomic E-state index is -0.747. The lowest BCUT2D eigenvalue weighted by Crippen LogP contribution is -2.39. The van der Waals surface area contributed by atoms with Crippen LogP contribution in [0.5, 0.6) is 11.5 Å². The number of Topliss-reactive ketones (excluding diaryl/α,β-unsaturated/α-hetero) is 1. The molecule has 2 aliphatic heterocycles. The first-order valence-electron chi connectivity index (χ1n) is 11.4. The number of benzene rings is 2. The van der Waals surface area contributed by atoms with Crippen molar-refractivity contribution < 1.29 is 28.9 Å². The van der Waals surface area contributed by atoms with Crippen LogP contribution in [-0.4, -0.2) is 80.2 Å². The Bertz CT molecular complexity index is 1060. The summed E-state index contributed by atoms with van der Waals surface area (Å²) in [5, 5.41) is 11.2. The smallest absolute Gasteiger partial charge is 0.295 e. The number of methoxy groups -OCH3 is 2. The SMILES string of the molecule is COc1ccc(C(O)=C2C(=O)C(=O)N(CCCN3CCOCC3)[C@H]2c2ccccc2OC)cc1. The summed E-state index contributed by atoms with van der Waals surface area (Å²) in [6.45, 7) is 4.28. The number of rotatable bonds is 8. The van der Waals surface area contributed by atoms with Gasteiger partial charge >= 0.3 is 0 Å².